The second-order valence-electron chi connectivity index (χ2n) is 8.40. The molecule has 3 aromatic rings. The Labute approximate surface area is 204 Å². The summed E-state index contributed by atoms with van der Waals surface area (Å²) in [6, 6.07) is 5.69. The number of halogens is 2. The van der Waals surface area contributed by atoms with Gasteiger partial charge in [0.1, 0.15) is 11.8 Å². The molecule has 2 aromatic heterocycles. The minimum absolute atomic E-state index is 0.0815. The molecule has 4 heterocycles. The van der Waals surface area contributed by atoms with Gasteiger partial charge in [0.05, 0.1) is 37.8 Å². The van der Waals surface area contributed by atoms with Crippen molar-refractivity contribution in [2.75, 3.05) is 36.5 Å². The summed E-state index contributed by atoms with van der Waals surface area (Å²) in [5, 5.41) is 0.915. The zero-order chi connectivity index (χ0) is 24.7. The average molecular weight is 504 g/mol. The Balaban J connectivity index is 1.35. The molecule has 1 amide bonds. The lowest BCUT2D eigenvalue weighted by Crippen LogP contribution is -2.30. The lowest BCUT2D eigenvalue weighted by atomic mass is 10.2. The van der Waals surface area contributed by atoms with Crippen LogP contribution in [0.5, 0.6) is 0 Å². The van der Waals surface area contributed by atoms with Crippen molar-refractivity contribution in [2.45, 2.75) is 32.0 Å². The van der Waals surface area contributed by atoms with Crippen LogP contribution >= 0.6 is 12.2 Å². The van der Waals surface area contributed by atoms with Crippen LogP contribution in [-0.4, -0.2) is 58.3 Å². The molecule has 2 aliphatic rings. The topological polar surface area (TPSA) is 81.8 Å². The molecule has 1 saturated heterocycles. The predicted octanol–water partition coefficient (Wildman–Crippen LogP) is 3.08. The Morgan fingerprint density at radius 2 is 1.89 bits per heavy atom. The van der Waals surface area contributed by atoms with Crippen molar-refractivity contribution in [1.82, 2.24) is 14.3 Å². The molecular weight excluding hydrogens is 480 g/mol. The molecule has 0 spiro atoms. The van der Waals surface area contributed by atoms with E-state index in [9.17, 15) is 9.59 Å². The van der Waals surface area contributed by atoms with E-state index >= 15 is 8.78 Å². The number of aromatic nitrogens is 3. The number of carbonyl (C=O) groups excluding carboxylic acids is 1. The summed E-state index contributed by atoms with van der Waals surface area (Å²) < 4.78 is 44.0. The lowest BCUT2D eigenvalue weighted by molar-refractivity contribution is 0.137. The van der Waals surface area contributed by atoms with Crippen LogP contribution in [0.25, 0.3) is 11.0 Å². The van der Waals surface area contributed by atoms with Gasteiger partial charge in [-0.05, 0) is 30.8 Å². The minimum atomic E-state index is -0.793. The number of benzene rings is 1. The van der Waals surface area contributed by atoms with Crippen LogP contribution < -0.4 is 15.4 Å². The third kappa shape index (κ3) is 4.22. The zero-order valence-electron chi connectivity index (χ0n) is 18.9. The number of ether oxygens (including phenoxy) is 2. The molecule has 0 radical (unpaired) electrons. The van der Waals surface area contributed by atoms with Gasteiger partial charge in [-0.15, -0.1) is 0 Å². The number of amides is 1. The normalized spacial score (nSPS) is 17.9. The van der Waals surface area contributed by atoms with Crippen molar-refractivity contribution in [3.8, 4) is 0 Å². The van der Waals surface area contributed by atoms with E-state index in [0.29, 0.717) is 35.5 Å². The molecule has 35 heavy (non-hydrogen) atoms. The van der Waals surface area contributed by atoms with Crippen LogP contribution in [0.3, 0.4) is 0 Å². The standard InChI is InChI=1S/C23H23F2N5O4S/c1-33-19(35)5-4-15-13-28(23(32)34-15)14-11-17(24)20(18(25)12-14)27-7-9-29-21-16(3-2-6-26-21)22(31)30(29)10-8-27/h2-3,6,11-12,15H,4-5,7-10,13H2,1H3/t15-/m0/s1. The van der Waals surface area contributed by atoms with Gasteiger partial charge in [-0.3, -0.25) is 14.4 Å². The van der Waals surface area contributed by atoms with Crippen molar-refractivity contribution >= 4 is 45.8 Å². The first-order valence-corrected chi connectivity index (χ1v) is 11.6. The zero-order valence-corrected chi connectivity index (χ0v) is 19.8. The Hall–Kier alpha value is -3.54. The Morgan fingerprint density at radius 1 is 1.17 bits per heavy atom. The van der Waals surface area contributed by atoms with Crippen LogP contribution in [0.15, 0.2) is 35.3 Å². The molecule has 0 unspecified atom stereocenters. The second kappa shape index (κ2) is 9.25. The van der Waals surface area contributed by atoms with Gasteiger partial charge in [-0.2, -0.15) is 0 Å². The van der Waals surface area contributed by atoms with Crippen molar-refractivity contribution in [3.63, 3.8) is 0 Å². The summed E-state index contributed by atoms with van der Waals surface area (Å²) in [4.78, 5) is 32.1. The van der Waals surface area contributed by atoms with Gasteiger partial charge in [0.25, 0.3) is 5.56 Å². The number of hydrogen-bond donors (Lipinski definition) is 0. The molecule has 0 saturated carbocycles. The Morgan fingerprint density at radius 3 is 2.60 bits per heavy atom. The summed E-state index contributed by atoms with van der Waals surface area (Å²) in [5.74, 6) is -1.59. The molecule has 0 N–H and O–H groups in total. The molecule has 184 valence electrons. The number of pyridine rings is 1. The maximum absolute atomic E-state index is 15.2. The summed E-state index contributed by atoms with van der Waals surface area (Å²) >= 11 is 5.01. The maximum atomic E-state index is 15.2. The van der Waals surface area contributed by atoms with Crippen LogP contribution in [0.2, 0.25) is 0 Å². The SMILES string of the molecule is COC(=S)CC[C@H]1CN(c2cc(F)c(N3CCn4c(=O)c5cccnc5n4CC3)c(F)c2)C(=O)O1. The third-order valence-corrected chi connectivity index (χ3v) is 6.72. The smallest absolute Gasteiger partial charge is 0.414 e. The number of nitrogens with zero attached hydrogens (tertiary/aromatic N) is 5. The molecule has 1 aromatic carbocycles. The van der Waals surface area contributed by atoms with Gasteiger partial charge in [0, 0.05) is 37.8 Å². The molecule has 5 rings (SSSR count). The van der Waals surface area contributed by atoms with Crippen LogP contribution in [-0.2, 0) is 22.6 Å². The number of rotatable bonds is 5. The predicted molar refractivity (Wildman–Crippen MR) is 129 cm³/mol. The fraction of sp³-hybridized carbons (Fsp3) is 0.391. The first-order valence-electron chi connectivity index (χ1n) is 11.2. The lowest BCUT2D eigenvalue weighted by Gasteiger charge is -2.24. The molecule has 1 fully saturated rings. The molecule has 12 heteroatoms. The van der Waals surface area contributed by atoms with Crippen molar-refractivity contribution in [3.05, 3.63) is 52.5 Å². The number of hydrogen-bond acceptors (Lipinski definition) is 7. The average Bonchev–Trinajstić information content (AvgIpc) is 3.25. The van der Waals surface area contributed by atoms with Crippen LogP contribution in [0, 0.1) is 11.6 Å². The fourth-order valence-electron chi connectivity index (χ4n) is 4.62. The van der Waals surface area contributed by atoms with Crippen molar-refractivity contribution < 1.29 is 23.0 Å². The van der Waals surface area contributed by atoms with Gasteiger partial charge >= 0.3 is 6.09 Å². The quantitative estimate of drug-likeness (QED) is 0.495. The van der Waals surface area contributed by atoms with Gasteiger partial charge in [0.15, 0.2) is 22.3 Å². The highest BCUT2D eigenvalue weighted by molar-refractivity contribution is 7.80. The van der Waals surface area contributed by atoms with E-state index < -0.39 is 23.8 Å². The van der Waals surface area contributed by atoms with E-state index in [-0.39, 0.29) is 43.1 Å². The van der Waals surface area contributed by atoms with Crippen LogP contribution in [0.1, 0.15) is 12.8 Å². The maximum Gasteiger partial charge on any atom is 0.414 e. The van der Waals surface area contributed by atoms with Crippen molar-refractivity contribution in [1.29, 1.82) is 0 Å². The summed E-state index contributed by atoms with van der Waals surface area (Å²) in [7, 11) is 1.47. The van der Waals surface area contributed by atoms with Gasteiger partial charge in [0.2, 0.25) is 0 Å². The van der Waals surface area contributed by atoms with E-state index in [0.717, 1.165) is 12.1 Å². The highest BCUT2D eigenvalue weighted by Gasteiger charge is 2.34. The van der Waals surface area contributed by atoms with Gasteiger partial charge in [-0.25, -0.2) is 23.2 Å². The molecule has 2 aliphatic heterocycles. The summed E-state index contributed by atoms with van der Waals surface area (Å²) in [5.41, 5.74) is 0.251. The second-order valence-corrected chi connectivity index (χ2v) is 8.86. The summed E-state index contributed by atoms with van der Waals surface area (Å²) in [6.45, 7) is 1.25. The van der Waals surface area contributed by atoms with Gasteiger partial charge < -0.3 is 14.4 Å². The van der Waals surface area contributed by atoms with Crippen molar-refractivity contribution in [2.24, 2.45) is 0 Å². The monoisotopic (exact) mass is 503 g/mol. The first kappa shape index (κ1) is 23.2. The van der Waals surface area contributed by atoms with Crippen LogP contribution in [0.4, 0.5) is 25.0 Å². The highest BCUT2D eigenvalue weighted by Crippen LogP contribution is 2.32. The molecule has 9 nitrogen and oxygen atoms in total. The van der Waals surface area contributed by atoms with E-state index in [4.69, 9.17) is 21.7 Å². The summed E-state index contributed by atoms with van der Waals surface area (Å²) in [6.07, 6.45) is 1.37. The molecular formula is C23H23F2N5O4S. The molecule has 1 atom stereocenters. The molecule has 0 aliphatic carbocycles. The largest absolute Gasteiger partial charge is 0.490 e. The number of carbonyl (C=O) groups is 1. The first-order chi connectivity index (χ1) is 16.9. The molecule has 0 bridgehead atoms. The fourth-order valence-corrected chi connectivity index (χ4v) is 4.74. The number of thiocarbonyl (C=S) groups is 1. The minimum Gasteiger partial charge on any atom is -0.490 e. The number of cyclic esters (lactones) is 1. The Bertz CT molecular complexity index is 1350. The number of fused-ring (bicyclic) bond motifs is 3. The highest BCUT2D eigenvalue weighted by atomic mass is 32.1. The number of anilines is 2. The third-order valence-electron chi connectivity index (χ3n) is 6.35. The Kier molecular flexibility index (Phi) is 6.13. The van der Waals surface area contributed by atoms with E-state index in [1.807, 2.05) is 0 Å². The van der Waals surface area contributed by atoms with E-state index in [1.54, 1.807) is 32.6 Å². The van der Waals surface area contributed by atoms with E-state index in [1.165, 1.54) is 12.0 Å². The van der Waals surface area contributed by atoms with E-state index in [2.05, 4.69) is 4.98 Å². The van der Waals surface area contributed by atoms with Gasteiger partial charge in [-0.1, -0.05) is 0 Å². The number of methoxy groups -OCH3 is 1.